The first kappa shape index (κ1) is 13.4. The molecule has 0 saturated heterocycles. The molecule has 2 atom stereocenters. The first-order valence-corrected chi connectivity index (χ1v) is 8.35. The molecule has 4 rings (SSSR count). The SMILES string of the molecule is Brc1ccc2c(c1)CC(CNC1CCc3ccccc31)O2. The molecule has 3 heteroatoms. The lowest BCUT2D eigenvalue weighted by molar-refractivity contribution is 0.221. The van der Waals surface area contributed by atoms with Gasteiger partial charge in [-0.15, -0.1) is 0 Å². The van der Waals surface area contributed by atoms with Crippen LogP contribution in [-0.4, -0.2) is 12.6 Å². The predicted molar refractivity (Wildman–Crippen MR) is 87.8 cm³/mol. The number of hydrogen-bond donors (Lipinski definition) is 1. The Hall–Kier alpha value is -1.32. The summed E-state index contributed by atoms with van der Waals surface area (Å²) in [7, 11) is 0. The smallest absolute Gasteiger partial charge is 0.123 e. The first-order chi connectivity index (χ1) is 10.3. The molecule has 108 valence electrons. The van der Waals surface area contributed by atoms with E-state index in [9.17, 15) is 0 Å². The highest BCUT2D eigenvalue weighted by molar-refractivity contribution is 9.10. The van der Waals surface area contributed by atoms with Crippen molar-refractivity contribution in [1.29, 1.82) is 0 Å². The van der Waals surface area contributed by atoms with E-state index in [4.69, 9.17) is 4.74 Å². The standard InChI is InChI=1S/C18H18BrNO/c19-14-6-8-18-13(9-14)10-15(21-18)11-20-17-7-5-12-3-1-2-4-16(12)17/h1-4,6,8-9,15,17,20H,5,7,10-11H2. The Morgan fingerprint density at radius 1 is 1.14 bits per heavy atom. The topological polar surface area (TPSA) is 21.3 Å². The van der Waals surface area contributed by atoms with Gasteiger partial charge in [-0.05, 0) is 47.7 Å². The molecule has 0 amide bonds. The summed E-state index contributed by atoms with van der Waals surface area (Å²) in [6.07, 6.45) is 3.63. The summed E-state index contributed by atoms with van der Waals surface area (Å²) in [6.45, 7) is 0.908. The number of hydrogen-bond acceptors (Lipinski definition) is 2. The summed E-state index contributed by atoms with van der Waals surface area (Å²) in [5, 5.41) is 3.69. The molecule has 1 heterocycles. The zero-order valence-electron chi connectivity index (χ0n) is 11.8. The molecule has 0 aromatic heterocycles. The van der Waals surface area contributed by atoms with E-state index in [0.29, 0.717) is 6.04 Å². The molecule has 0 spiro atoms. The lowest BCUT2D eigenvalue weighted by Gasteiger charge is -2.17. The molecule has 21 heavy (non-hydrogen) atoms. The van der Waals surface area contributed by atoms with Crippen molar-refractivity contribution < 1.29 is 4.74 Å². The van der Waals surface area contributed by atoms with Gasteiger partial charge in [-0.2, -0.15) is 0 Å². The normalized spacial score (nSPS) is 22.7. The van der Waals surface area contributed by atoms with Gasteiger partial charge in [-0.3, -0.25) is 0 Å². The Balaban J connectivity index is 1.39. The van der Waals surface area contributed by atoms with Gasteiger partial charge in [0, 0.05) is 23.5 Å². The number of ether oxygens (including phenoxy) is 1. The largest absolute Gasteiger partial charge is 0.488 e. The van der Waals surface area contributed by atoms with Gasteiger partial charge in [0.15, 0.2) is 0 Å². The van der Waals surface area contributed by atoms with Crippen LogP contribution in [0.15, 0.2) is 46.9 Å². The van der Waals surface area contributed by atoms with Gasteiger partial charge >= 0.3 is 0 Å². The molecule has 0 bridgehead atoms. The third-order valence-corrected chi connectivity index (χ3v) is 4.98. The number of aryl methyl sites for hydroxylation is 1. The summed E-state index contributed by atoms with van der Waals surface area (Å²) >= 11 is 3.52. The van der Waals surface area contributed by atoms with Crippen molar-refractivity contribution in [1.82, 2.24) is 5.32 Å². The second-order valence-electron chi connectivity index (χ2n) is 5.89. The monoisotopic (exact) mass is 343 g/mol. The van der Waals surface area contributed by atoms with Crippen molar-refractivity contribution in [2.24, 2.45) is 0 Å². The van der Waals surface area contributed by atoms with Crippen molar-refractivity contribution in [2.75, 3.05) is 6.54 Å². The molecular weight excluding hydrogens is 326 g/mol. The lowest BCUT2D eigenvalue weighted by atomic mass is 10.1. The van der Waals surface area contributed by atoms with Crippen LogP contribution in [0.5, 0.6) is 5.75 Å². The first-order valence-electron chi connectivity index (χ1n) is 7.56. The fourth-order valence-electron chi connectivity index (χ4n) is 3.45. The molecule has 2 aromatic carbocycles. The van der Waals surface area contributed by atoms with Crippen LogP contribution < -0.4 is 10.1 Å². The molecule has 1 aliphatic heterocycles. The van der Waals surface area contributed by atoms with Gasteiger partial charge in [-0.1, -0.05) is 40.2 Å². The fourth-order valence-corrected chi connectivity index (χ4v) is 3.85. The number of fused-ring (bicyclic) bond motifs is 2. The van der Waals surface area contributed by atoms with Crippen molar-refractivity contribution in [3.8, 4) is 5.75 Å². The minimum Gasteiger partial charge on any atom is -0.488 e. The van der Waals surface area contributed by atoms with Crippen LogP contribution >= 0.6 is 15.9 Å². The Morgan fingerprint density at radius 2 is 2.05 bits per heavy atom. The van der Waals surface area contributed by atoms with Gasteiger partial charge in [0.2, 0.25) is 0 Å². The van der Waals surface area contributed by atoms with Crippen molar-refractivity contribution in [3.05, 3.63) is 63.6 Å². The van der Waals surface area contributed by atoms with Gasteiger partial charge in [0.1, 0.15) is 11.9 Å². The number of halogens is 1. The zero-order valence-corrected chi connectivity index (χ0v) is 13.4. The van der Waals surface area contributed by atoms with Crippen LogP contribution in [0.1, 0.15) is 29.2 Å². The summed E-state index contributed by atoms with van der Waals surface area (Å²) in [4.78, 5) is 0. The molecule has 2 nitrogen and oxygen atoms in total. The Morgan fingerprint density at radius 3 is 3.00 bits per heavy atom. The maximum absolute atomic E-state index is 6.03. The zero-order chi connectivity index (χ0) is 14.2. The van der Waals surface area contributed by atoms with E-state index in [-0.39, 0.29) is 6.10 Å². The highest BCUT2D eigenvalue weighted by Crippen LogP contribution is 2.33. The van der Waals surface area contributed by atoms with Crippen LogP contribution in [0.25, 0.3) is 0 Å². The van der Waals surface area contributed by atoms with Crippen LogP contribution in [0.2, 0.25) is 0 Å². The van der Waals surface area contributed by atoms with Crippen molar-refractivity contribution >= 4 is 15.9 Å². The average Bonchev–Trinajstić information content (AvgIpc) is 3.08. The summed E-state index contributed by atoms with van der Waals surface area (Å²) in [5.41, 5.74) is 4.27. The van der Waals surface area contributed by atoms with E-state index in [1.807, 2.05) is 6.07 Å². The summed E-state index contributed by atoms with van der Waals surface area (Å²) < 4.78 is 7.15. The van der Waals surface area contributed by atoms with Crippen LogP contribution in [0.3, 0.4) is 0 Å². The maximum atomic E-state index is 6.03. The summed E-state index contributed by atoms with van der Waals surface area (Å²) in [6, 6.07) is 15.5. The quantitative estimate of drug-likeness (QED) is 0.908. The molecular formula is C18H18BrNO. The van der Waals surface area contributed by atoms with E-state index < -0.39 is 0 Å². The van der Waals surface area contributed by atoms with Crippen LogP contribution in [0.4, 0.5) is 0 Å². The molecule has 0 fully saturated rings. The Kier molecular flexibility index (Phi) is 3.48. The van der Waals surface area contributed by atoms with Gasteiger partial charge in [0.25, 0.3) is 0 Å². The number of nitrogens with one attached hydrogen (secondary N) is 1. The molecule has 2 aliphatic rings. The molecule has 0 saturated carbocycles. The third-order valence-electron chi connectivity index (χ3n) is 4.49. The Labute approximate surface area is 133 Å². The lowest BCUT2D eigenvalue weighted by Crippen LogP contribution is -2.32. The fraction of sp³-hybridized carbons (Fsp3) is 0.333. The third kappa shape index (κ3) is 2.60. The Bertz CT molecular complexity index is 670. The van der Waals surface area contributed by atoms with E-state index in [2.05, 4.69) is 57.6 Å². The molecule has 0 radical (unpaired) electrons. The molecule has 2 aromatic rings. The number of rotatable bonds is 3. The average molecular weight is 344 g/mol. The maximum Gasteiger partial charge on any atom is 0.123 e. The highest BCUT2D eigenvalue weighted by Gasteiger charge is 2.26. The van der Waals surface area contributed by atoms with Crippen molar-refractivity contribution in [3.63, 3.8) is 0 Å². The predicted octanol–water partition coefficient (Wildman–Crippen LogP) is 4.03. The van der Waals surface area contributed by atoms with Gasteiger partial charge < -0.3 is 10.1 Å². The second-order valence-corrected chi connectivity index (χ2v) is 6.81. The van der Waals surface area contributed by atoms with E-state index in [1.165, 1.54) is 29.5 Å². The second kappa shape index (κ2) is 5.47. The highest BCUT2D eigenvalue weighted by atomic mass is 79.9. The molecule has 1 aliphatic carbocycles. The van der Waals surface area contributed by atoms with Gasteiger partial charge in [-0.25, -0.2) is 0 Å². The van der Waals surface area contributed by atoms with E-state index >= 15 is 0 Å². The van der Waals surface area contributed by atoms with Gasteiger partial charge in [0.05, 0.1) is 0 Å². The van der Waals surface area contributed by atoms with Crippen LogP contribution in [0, 0.1) is 0 Å². The van der Waals surface area contributed by atoms with E-state index in [1.54, 1.807) is 0 Å². The minimum atomic E-state index is 0.252. The van der Waals surface area contributed by atoms with Crippen LogP contribution in [-0.2, 0) is 12.8 Å². The molecule has 2 unspecified atom stereocenters. The van der Waals surface area contributed by atoms with E-state index in [0.717, 1.165) is 23.2 Å². The minimum absolute atomic E-state index is 0.252. The number of benzene rings is 2. The van der Waals surface area contributed by atoms with Crippen molar-refractivity contribution in [2.45, 2.75) is 31.4 Å². The molecule has 1 N–H and O–H groups in total. The summed E-state index contributed by atoms with van der Waals surface area (Å²) in [5.74, 6) is 1.04.